The quantitative estimate of drug-likeness (QED) is 0.761. The highest BCUT2D eigenvalue weighted by molar-refractivity contribution is 5.94. The third kappa shape index (κ3) is 3.23. The van der Waals surface area contributed by atoms with Gasteiger partial charge in [0.15, 0.2) is 0 Å². The molecule has 1 fully saturated rings. The predicted molar refractivity (Wildman–Crippen MR) is 73.8 cm³/mol. The summed E-state index contributed by atoms with van der Waals surface area (Å²) in [7, 11) is 0. The highest BCUT2D eigenvalue weighted by Gasteiger charge is 2.12. The Labute approximate surface area is 108 Å². The van der Waals surface area contributed by atoms with Crippen molar-refractivity contribution < 1.29 is 4.79 Å². The lowest BCUT2D eigenvalue weighted by Gasteiger charge is -2.18. The number of hydrogen-bond donors (Lipinski definition) is 3. The van der Waals surface area contributed by atoms with Gasteiger partial charge >= 0.3 is 0 Å². The van der Waals surface area contributed by atoms with Crippen LogP contribution in [-0.2, 0) is 0 Å². The van der Waals surface area contributed by atoms with E-state index in [1.165, 1.54) is 19.3 Å². The fraction of sp³-hybridized carbons (Fsp3) is 0.500. The SMILES string of the molecule is Cc1cc(NC2CCCCNC2)ccc1C(N)=O. The van der Waals surface area contributed by atoms with Crippen LogP contribution in [0.1, 0.15) is 35.2 Å². The Morgan fingerprint density at radius 1 is 1.44 bits per heavy atom. The standard InChI is InChI=1S/C14H21N3O/c1-10-8-11(5-6-13(10)14(15)18)17-12-4-2-3-7-16-9-12/h5-6,8,12,16-17H,2-4,7,9H2,1H3,(H2,15,18). The Bertz CT molecular complexity index is 423. The van der Waals surface area contributed by atoms with Gasteiger partial charge in [0.2, 0.25) is 5.91 Å². The molecule has 1 aliphatic rings. The number of nitrogens with one attached hydrogen (secondary N) is 2. The average molecular weight is 247 g/mol. The number of benzene rings is 1. The number of hydrogen-bond acceptors (Lipinski definition) is 3. The minimum absolute atomic E-state index is 0.366. The van der Waals surface area contributed by atoms with Crippen LogP contribution in [0.3, 0.4) is 0 Å². The van der Waals surface area contributed by atoms with Crippen molar-refractivity contribution in [2.24, 2.45) is 5.73 Å². The first-order valence-corrected chi connectivity index (χ1v) is 6.54. The molecule has 98 valence electrons. The number of nitrogens with two attached hydrogens (primary N) is 1. The maximum atomic E-state index is 11.2. The van der Waals surface area contributed by atoms with Crippen molar-refractivity contribution in [3.63, 3.8) is 0 Å². The maximum Gasteiger partial charge on any atom is 0.248 e. The molecule has 1 aromatic rings. The van der Waals surface area contributed by atoms with E-state index < -0.39 is 0 Å². The van der Waals surface area contributed by atoms with Gasteiger partial charge in [0.1, 0.15) is 0 Å². The van der Waals surface area contributed by atoms with Crippen LogP contribution >= 0.6 is 0 Å². The van der Waals surface area contributed by atoms with Gasteiger partial charge in [-0.25, -0.2) is 0 Å². The Hall–Kier alpha value is -1.55. The van der Waals surface area contributed by atoms with Gasteiger partial charge in [-0.3, -0.25) is 4.79 Å². The van der Waals surface area contributed by atoms with Gasteiger partial charge in [-0.2, -0.15) is 0 Å². The molecule has 1 saturated heterocycles. The number of amides is 1. The largest absolute Gasteiger partial charge is 0.381 e. The first-order valence-electron chi connectivity index (χ1n) is 6.54. The van der Waals surface area contributed by atoms with Crippen molar-refractivity contribution >= 4 is 11.6 Å². The normalized spacial score (nSPS) is 20.2. The van der Waals surface area contributed by atoms with Crippen LogP contribution in [-0.4, -0.2) is 25.0 Å². The molecular formula is C14H21N3O. The number of carbonyl (C=O) groups excluding carboxylic acids is 1. The van der Waals surface area contributed by atoms with Crippen molar-refractivity contribution in [1.82, 2.24) is 5.32 Å². The summed E-state index contributed by atoms with van der Waals surface area (Å²) >= 11 is 0. The van der Waals surface area contributed by atoms with E-state index in [-0.39, 0.29) is 5.91 Å². The van der Waals surface area contributed by atoms with Crippen LogP contribution in [0.2, 0.25) is 0 Å². The van der Waals surface area contributed by atoms with Crippen LogP contribution < -0.4 is 16.4 Å². The molecule has 1 aliphatic heterocycles. The Balaban J connectivity index is 2.05. The first-order chi connectivity index (χ1) is 8.66. The molecule has 1 aromatic carbocycles. The fourth-order valence-corrected chi connectivity index (χ4v) is 2.41. The number of carbonyl (C=O) groups is 1. The van der Waals surface area contributed by atoms with Crippen molar-refractivity contribution in [3.05, 3.63) is 29.3 Å². The van der Waals surface area contributed by atoms with E-state index in [1.54, 1.807) is 6.07 Å². The smallest absolute Gasteiger partial charge is 0.248 e. The lowest BCUT2D eigenvalue weighted by molar-refractivity contribution is 0.1000. The number of primary amides is 1. The molecule has 4 N–H and O–H groups in total. The summed E-state index contributed by atoms with van der Waals surface area (Å²) in [5.74, 6) is -0.366. The lowest BCUT2D eigenvalue weighted by atomic mass is 10.1. The maximum absolute atomic E-state index is 11.2. The second-order valence-corrected chi connectivity index (χ2v) is 4.94. The highest BCUT2D eigenvalue weighted by Crippen LogP contribution is 2.17. The minimum atomic E-state index is -0.366. The number of aryl methyl sites for hydroxylation is 1. The molecule has 0 aromatic heterocycles. The molecule has 4 nitrogen and oxygen atoms in total. The van der Waals surface area contributed by atoms with Crippen LogP contribution in [0.15, 0.2) is 18.2 Å². The van der Waals surface area contributed by atoms with Crippen LogP contribution in [0, 0.1) is 6.92 Å². The van der Waals surface area contributed by atoms with Crippen molar-refractivity contribution in [3.8, 4) is 0 Å². The number of rotatable bonds is 3. The summed E-state index contributed by atoms with van der Waals surface area (Å²) in [5, 5.41) is 6.94. The minimum Gasteiger partial charge on any atom is -0.381 e. The van der Waals surface area contributed by atoms with E-state index in [2.05, 4.69) is 10.6 Å². The highest BCUT2D eigenvalue weighted by atomic mass is 16.1. The third-order valence-corrected chi connectivity index (χ3v) is 3.41. The molecule has 2 rings (SSSR count). The van der Waals surface area contributed by atoms with Crippen molar-refractivity contribution in [2.45, 2.75) is 32.2 Å². The van der Waals surface area contributed by atoms with Crippen LogP contribution in [0.25, 0.3) is 0 Å². The first kappa shape index (κ1) is 12.9. The summed E-state index contributed by atoms with van der Waals surface area (Å²) < 4.78 is 0. The Morgan fingerprint density at radius 3 is 3.00 bits per heavy atom. The van der Waals surface area contributed by atoms with Crippen molar-refractivity contribution in [1.29, 1.82) is 0 Å². The molecule has 0 aliphatic carbocycles. The van der Waals surface area contributed by atoms with Gasteiger partial charge in [0.25, 0.3) is 0 Å². The van der Waals surface area contributed by atoms with Gasteiger partial charge < -0.3 is 16.4 Å². The zero-order valence-corrected chi connectivity index (χ0v) is 10.8. The van der Waals surface area contributed by atoms with Crippen LogP contribution in [0.5, 0.6) is 0 Å². The second-order valence-electron chi connectivity index (χ2n) is 4.94. The summed E-state index contributed by atoms with van der Waals surface area (Å²) in [6, 6.07) is 6.18. The van der Waals surface area contributed by atoms with E-state index in [9.17, 15) is 4.79 Å². The van der Waals surface area contributed by atoms with E-state index >= 15 is 0 Å². The fourth-order valence-electron chi connectivity index (χ4n) is 2.41. The number of anilines is 1. The predicted octanol–water partition coefficient (Wildman–Crippen LogP) is 1.65. The van der Waals surface area contributed by atoms with Gasteiger partial charge in [-0.15, -0.1) is 0 Å². The lowest BCUT2D eigenvalue weighted by Crippen LogP contribution is -2.30. The summed E-state index contributed by atoms with van der Waals surface area (Å²) in [5.41, 5.74) is 7.88. The molecule has 18 heavy (non-hydrogen) atoms. The molecule has 1 heterocycles. The van der Waals surface area contributed by atoms with Gasteiger partial charge in [0, 0.05) is 23.8 Å². The zero-order chi connectivity index (χ0) is 13.0. The van der Waals surface area contributed by atoms with Crippen LogP contribution in [0.4, 0.5) is 5.69 Å². The molecule has 0 spiro atoms. The summed E-state index contributed by atoms with van der Waals surface area (Å²) in [6.45, 7) is 4.02. The average Bonchev–Trinajstić information content (AvgIpc) is 2.57. The van der Waals surface area contributed by atoms with Gasteiger partial charge in [-0.05, 0) is 50.1 Å². The molecule has 0 bridgehead atoms. The molecule has 1 amide bonds. The van der Waals surface area contributed by atoms with Crippen molar-refractivity contribution in [2.75, 3.05) is 18.4 Å². The molecule has 4 heteroatoms. The molecular weight excluding hydrogens is 226 g/mol. The monoisotopic (exact) mass is 247 g/mol. The van der Waals surface area contributed by atoms with E-state index in [0.717, 1.165) is 24.3 Å². The second kappa shape index (κ2) is 5.87. The van der Waals surface area contributed by atoms with Gasteiger partial charge in [-0.1, -0.05) is 6.42 Å². The molecule has 1 unspecified atom stereocenters. The molecule has 1 atom stereocenters. The molecule has 0 radical (unpaired) electrons. The van der Waals surface area contributed by atoms with E-state index in [1.807, 2.05) is 19.1 Å². The molecule has 0 saturated carbocycles. The third-order valence-electron chi connectivity index (χ3n) is 3.41. The zero-order valence-electron chi connectivity index (χ0n) is 10.8. The van der Waals surface area contributed by atoms with Gasteiger partial charge in [0.05, 0.1) is 0 Å². The van der Waals surface area contributed by atoms with E-state index in [0.29, 0.717) is 11.6 Å². The summed E-state index contributed by atoms with van der Waals surface area (Å²) in [6.07, 6.45) is 3.68. The topological polar surface area (TPSA) is 67.2 Å². The summed E-state index contributed by atoms with van der Waals surface area (Å²) in [4.78, 5) is 11.2. The Morgan fingerprint density at radius 2 is 2.28 bits per heavy atom. The Kier molecular flexibility index (Phi) is 4.20. The van der Waals surface area contributed by atoms with E-state index in [4.69, 9.17) is 5.73 Å².